The van der Waals surface area contributed by atoms with Gasteiger partial charge in [-0.25, -0.2) is 4.98 Å². The second-order valence-electron chi connectivity index (χ2n) is 4.65. The monoisotopic (exact) mass is 366 g/mol. The number of carbonyl (C=O) groups is 1. The minimum atomic E-state index is -1.68. The van der Waals surface area contributed by atoms with Gasteiger partial charge in [-0.2, -0.15) is 0 Å². The highest BCUT2D eigenvalue weighted by Gasteiger charge is 2.36. The van der Waals surface area contributed by atoms with Crippen LogP contribution in [0.15, 0.2) is 33.9 Å². The largest absolute Gasteiger partial charge is 0.431 e. The summed E-state index contributed by atoms with van der Waals surface area (Å²) in [6.07, 6.45) is 0. The Hall–Kier alpha value is -0.620. The molecule has 0 aliphatic rings. The van der Waals surface area contributed by atoms with Crippen LogP contribution in [0.4, 0.5) is 0 Å². The predicted molar refractivity (Wildman–Crippen MR) is 86.9 cm³/mol. The minimum Gasteiger partial charge on any atom is -0.431 e. The number of nitrogens with one attached hydrogen (secondary N) is 1. The number of carbonyl (C=O) groups excluding carboxylic acids is 1. The molecule has 1 heterocycles. The van der Waals surface area contributed by atoms with Gasteiger partial charge in [-0.1, -0.05) is 60.8 Å². The predicted octanol–water partition coefficient (Wildman–Crippen LogP) is 4.39. The van der Waals surface area contributed by atoms with E-state index in [0.717, 1.165) is 11.8 Å². The lowest BCUT2D eigenvalue weighted by Gasteiger charge is -2.24. The molecule has 1 atom stereocenters. The number of aromatic nitrogens is 1. The van der Waals surface area contributed by atoms with Crippen molar-refractivity contribution in [2.45, 2.75) is 28.2 Å². The SMILES string of the molecule is CC(C)C(=O)N[C@@H](Sc1nc2ccccc2o1)C(Cl)(Cl)Cl. The van der Waals surface area contributed by atoms with Gasteiger partial charge in [0.1, 0.15) is 10.9 Å². The van der Waals surface area contributed by atoms with Gasteiger partial charge in [0.15, 0.2) is 5.58 Å². The zero-order valence-electron chi connectivity index (χ0n) is 11.3. The van der Waals surface area contributed by atoms with Gasteiger partial charge in [0.2, 0.25) is 9.70 Å². The number of oxazole rings is 1. The van der Waals surface area contributed by atoms with E-state index in [1.165, 1.54) is 0 Å². The van der Waals surface area contributed by atoms with Gasteiger partial charge in [-0.05, 0) is 23.9 Å². The Balaban J connectivity index is 2.20. The average molecular weight is 368 g/mol. The lowest BCUT2D eigenvalue weighted by molar-refractivity contribution is -0.124. The lowest BCUT2D eigenvalue weighted by Crippen LogP contribution is -2.43. The van der Waals surface area contributed by atoms with Crippen LogP contribution in [-0.4, -0.2) is 20.1 Å². The van der Waals surface area contributed by atoms with Gasteiger partial charge in [-0.15, -0.1) is 0 Å². The molecule has 21 heavy (non-hydrogen) atoms. The molecule has 0 fully saturated rings. The molecule has 114 valence electrons. The van der Waals surface area contributed by atoms with Crippen LogP contribution >= 0.6 is 46.6 Å². The Morgan fingerprint density at radius 2 is 2.00 bits per heavy atom. The summed E-state index contributed by atoms with van der Waals surface area (Å²) in [7, 11) is 0. The van der Waals surface area contributed by atoms with Crippen LogP contribution in [0.3, 0.4) is 0 Å². The Bertz CT molecular complexity index is 607. The Labute approximate surface area is 141 Å². The van der Waals surface area contributed by atoms with Gasteiger partial charge in [0, 0.05) is 5.92 Å². The van der Waals surface area contributed by atoms with Gasteiger partial charge >= 0.3 is 0 Å². The summed E-state index contributed by atoms with van der Waals surface area (Å²) in [6.45, 7) is 3.52. The molecule has 0 saturated heterocycles. The standard InChI is InChI=1S/C13H13Cl3N2O2S/c1-7(2)10(19)18-11(13(14,15)16)21-12-17-8-5-3-4-6-9(8)20-12/h3-7,11H,1-2H3,(H,18,19)/t11-/m0/s1. The van der Waals surface area contributed by atoms with Crippen molar-refractivity contribution in [3.63, 3.8) is 0 Å². The number of benzene rings is 1. The number of hydrogen-bond donors (Lipinski definition) is 1. The molecule has 1 aromatic heterocycles. The van der Waals surface area contributed by atoms with Gasteiger partial charge in [-0.3, -0.25) is 4.79 Å². The van der Waals surface area contributed by atoms with Crippen molar-refractivity contribution in [1.29, 1.82) is 0 Å². The van der Waals surface area contributed by atoms with E-state index in [1.54, 1.807) is 19.9 Å². The van der Waals surface area contributed by atoms with Crippen molar-refractivity contribution >= 4 is 63.6 Å². The zero-order chi connectivity index (χ0) is 15.6. The third kappa shape index (κ3) is 4.42. The molecular weight excluding hydrogens is 355 g/mol. The minimum absolute atomic E-state index is 0.213. The highest BCUT2D eigenvalue weighted by molar-refractivity contribution is 8.00. The summed E-state index contributed by atoms with van der Waals surface area (Å²) in [5.74, 6) is -0.431. The summed E-state index contributed by atoms with van der Waals surface area (Å²) in [5.41, 5.74) is 1.34. The molecular formula is C13H13Cl3N2O2S. The van der Waals surface area contributed by atoms with Crippen molar-refractivity contribution in [1.82, 2.24) is 10.3 Å². The smallest absolute Gasteiger partial charge is 0.258 e. The van der Waals surface area contributed by atoms with Crippen LogP contribution in [-0.2, 0) is 4.79 Å². The van der Waals surface area contributed by atoms with E-state index >= 15 is 0 Å². The first-order valence-electron chi connectivity index (χ1n) is 6.16. The number of rotatable bonds is 4. The molecule has 0 spiro atoms. The van der Waals surface area contributed by atoms with Crippen LogP contribution in [0.25, 0.3) is 11.1 Å². The normalized spacial score (nSPS) is 13.6. The van der Waals surface area contributed by atoms with Crippen LogP contribution in [0.2, 0.25) is 0 Å². The number of para-hydroxylation sites is 2. The van der Waals surface area contributed by atoms with Crippen LogP contribution in [0.1, 0.15) is 13.8 Å². The average Bonchev–Trinajstić information content (AvgIpc) is 2.78. The van der Waals surface area contributed by atoms with Crippen molar-refractivity contribution < 1.29 is 9.21 Å². The molecule has 1 aromatic carbocycles. The maximum atomic E-state index is 11.8. The number of alkyl halides is 3. The van der Waals surface area contributed by atoms with E-state index in [4.69, 9.17) is 39.2 Å². The first-order valence-corrected chi connectivity index (χ1v) is 8.18. The molecule has 1 amide bonds. The molecule has 2 rings (SSSR count). The number of fused-ring (bicyclic) bond motifs is 1. The summed E-state index contributed by atoms with van der Waals surface area (Å²) in [6, 6.07) is 7.31. The molecule has 0 aliphatic carbocycles. The fraction of sp³-hybridized carbons (Fsp3) is 0.385. The number of nitrogens with zero attached hydrogens (tertiary/aromatic N) is 1. The van der Waals surface area contributed by atoms with Gasteiger partial charge in [0.25, 0.3) is 5.22 Å². The molecule has 4 nitrogen and oxygen atoms in total. The number of hydrogen-bond acceptors (Lipinski definition) is 4. The summed E-state index contributed by atoms with van der Waals surface area (Å²) in [4.78, 5) is 16.1. The third-order valence-electron chi connectivity index (χ3n) is 2.59. The first kappa shape index (κ1) is 16.7. The van der Waals surface area contributed by atoms with E-state index in [1.807, 2.05) is 18.2 Å². The maximum absolute atomic E-state index is 11.8. The zero-order valence-corrected chi connectivity index (χ0v) is 14.4. The van der Waals surface area contributed by atoms with E-state index in [9.17, 15) is 4.79 Å². The summed E-state index contributed by atoms with van der Waals surface area (Å²) >= 11 is 18.8. The summed E-state index contributed by atoms with van der Waals surface area (Å²) < 4.78 is 3.88. The molecule has 8 heteroatoms. The van der Waals surface area contributed by atoms with Crippen LogP contribution < -0.4 is 5.32 Å². The van der Waals surface area contributed by atoms with Crippen molar-refractivity contribution in [3.05, 3.63) is 24.3 Å². The van der Waals surface area contributed by atoms with E-state index in [0.29, 0.717) is 16.3 Å². The van der Waals surface area contributed by atoms with Gasteiger partial charge < -0.3 is 9.73 Å². The quantitative estimate of drug-likeness (QED) is 0.495. The van der Waals surface area contributed by atoms with Crippen molar-refractivity contribution in [2.75, 3.05) is 0 Å². The molecule has 1 N–H and O–H groups in total. The molecule has 0 radical (unpaired) electrons. The Morgan fingerprint density at radius 1 is 1.33 bits per heavy atom. The fourth-order valence-corrected chi connectivity index (χ4v) is 2.84. The lowest BCUT2D eigenvalue weighted by atomic mass is 10.2. The van der Waals surface area contributed by atoms with Crippen LogP contribution in [0, 0.1) is 5.92 Å². The highest BCUT2D eigenvalue weighted by atomic mass is 35.6. The molecule has 0 saturated carbocycles. The first-order chi connectivity index (χ1) is 9.77. The van der Waals surface area contributed by atoms with Crippen molar-refractivity contribution in [3.8, 4) is 0 Å². The van der Waals surface area contributed by atoms with E-state index < -0.39 is 9.17 Å². The topological polar surface area (TPSA) is 55.1 Å². The van der Waals surface area contributed by atoms with Gasteiger partial charge in [0.05, 0.1) is 0 Å². The second-order valence-corrected chi connectivity index (χ2v) is 8.08. The summed E-state index contributed by atoms with van der Waals surface area (Å²) in [5, 5.41) is 2.21. The molecule has 0 unspecified atom stereocenters. The number of thioether (sulfide) groups is 1. The van der Waals surface area contributed by atoms with Crippen LogP contribution in [0.5, 0.6) is 0 Å². The second kappa shape index (κ2) is 6.65. The number of halogens is 3. The molecule has 2 aromatic rings. The highest BCUT2D eigenvalue weighted by Crippen LogP contribution is 2.39. The number of amides is 1. The van der Waals surface area contributed by atoms with E-state index in [2.05, 4.69) is 10.3 Å². The Kier molecular flexibility index (Phi) is 5.30. The maximum Gasteiger partial charge on any atom is 0.258 e. The van der Waals surface area contributed by atoms with Crippen molar-refractivity contribution in [2.24, 2.45) is 5.92 Å². The molecule has 0 bridgehead atoms. The fourth-order valence-electron chi connectivity index (χ4n) is 1.48. The van der Waals surface area contributed by atoms with E-state index in [-0.39, 0.29) is 11.8 Å². The third-order valence-corrected chi connectivity index (χ3v) is 4.71. The Morgan fingerprint density at radius 3 is 2.57 bits per heavy atom. The molecule has 0 aliphatic heterocycles.